The third-order valence-corrected chi connectivity index (χ3v) is 5.72. The molecule has 0 unspecified atom stereocenters. The fourth-order valence-electron chi connectivity index (χ4n) is 4.65. The first kappa shape index (κ1) is 12.8. The molecule has 7 aromatic rings. The van der Waals surface area contributed by atoms with Crippen LogP contribution in [0.25, 0.3) is 60.0 Å². The quantitative estimate of drug-likeness (QED) is 0.301. The number of nitrogens with zero attached hydrogens (tertiary/aromatic N) is 1. The van der Waals surface area contributed by atoms with Crippen LogP contribution in [-0.2, 0) is 0 Å². The lowest BCUT2D eigenvalue weighted by atomic mass is 10.1. The summed E-state index contributed by atoms with van der Waals surface area (Å²) in [5.41, 5.74) is 5.67. The molecule has 0 atom stereocenters. The highest BCUT2D eigenvalue weighted by Gasteiger charge is 2.18. The maximum absolute atomic E-state index is 6.15. The van der Waals surface area contributed by atoms with E-state index in [1.165, 1.54) is 48.9 Å². The standard InChI is InChI=1S/C24H13NO/c1-3-10-20-14(6-1)16-8-5-9-17-18-12-19-15-7-2-4-11-22(15)26-23(19)13-21(18)25(20)24(16)17/h1-13H. The van der Waals surface area contributed by atoms with E-state index in [1.54, 1.807) is 0 Å². The van der Waals surface area contributed by atoms with Gasteiger partial charge in [-0.25, -0.2) is 0 Å². The summed E-state index contributed by atoms with van der Waals surface area (Å²) in [6, 6.07) is 28.0. The number of fused-ring (bicyclic) bond motifs is 9. The van der Waals surface area contributed by atoms with Gasteiger partial charge in [-0.2, -0.15) is 0 Å². The number of rotatable bonds is 0. The summed E-state index contributed by atoms with van der Waals surface area (Å²) in [6.07, 6.45) is 0. The summed E-state index contributed by atoms with van der Waals surface area (Å²) >= 11 is 0. The van der Waals surface area contributed by atoms with Gasteiger partial charge in [0.2, 0.25) is 0 Å². The Hall–Kier alpha value is -3.52. The van der Waals surface area contributed by atoms with E-state index in [1.807, 2.05) is 12.1 Å². The van der Waals surface area contributed by atoms with Gasteiger partial charge in [-0.1, -0.05) is 54.6 Å². The molecular formula is C24H13NO. The Morgan fingerprint density at radius 3 is 2.15 bits per heavy atom. The summed E-state index contributed by atoms with van der Waals surface area (Å²) < 4.78 is 8.54. The van der Waals surface area contributed by atoms with E-state index in [4.69, 9.17) is 4.42 Å². The van der Waals surface area contributed by atoms with Gasteiger partial charge in [0.15, 0.2) is 0 Å². The Morgan fingerprint density at radius 2 is 1.23 bits per heavy atom. The molecule has 120 valence electrons. The molecule has 0 N–H and O–H groups in total. The number of hydrogen-bond donors (Lipinski definition) is 0. The van der Waals surface area contributed by atoms with Crippen LogP contribution in [0, 0.1) is 0 Å². The molecule has 3 aromatic heterocycles. The Balaban J connectivity index is 1.84. The highest BCUT2D eigenvalue weighted by atomic mass is 16.3. The number of hydrogen-bond acceptors (Lipinski definition) is 1. The molecule has 0 saturated carbocycles. The summed E-state index contributed by atoms with van der Waals surface area (Å²) in [5.74, 6) is 0. The minimum absolute atomic E-state index is 0.946. The average Bonchev–Trinajstić information content (AvgIpc) is 3.32. The van der Waals surface area contributed by atoms with Gasteiger partial charge in [-0.15, -0.1) is 0 Å². The molecular weight excluding hydrogens is 318 g/mol. The van der Waals surface area contributed by atoms with E-state index in [0.717, 1.165) is 11.2 Å². The molecule has 0 spiro atoms. The van der Waals surface area contributed by atoms with E-state index < -0.39 is 0 Å². The van der Waals surface area contributed by atoms with E-state index >= 15 is 0 Å². The minimum atomic E-state index is 0.946. The molecule has 0 aliphatic heterocycles. The van der Waals surface area contributed by atoms with Crippen LogP contribution in [0.2, 0.25) is 0 Å². The fourth-order valence-corrected chi connectivity index (χ4v) is 4.65. The SMILES string of the molecule is c1ccc2c(c1)oc1cc3c(cc12)c1cccc2c4ccccc4n3c21. The van der Waals surface area contributed by atoms with Crippen molar-refractivity contribution in [2.75, 3.05) is 0 Å². The Bertz CT molecular complexity index is 1630. The van der Waals surface area contributed by atoms with Gasteiger partial charge >= 0.3 is 0 Å². The number of furan rings is 1. The monoisotopic (exact) mass is 331 g/mol. The summed E-state index contributed by atoms with van der Waals surface area (Å²) in [5, 5.41) is 7.58. The second kappa shape index (κ2) is 4.17. The van der Waals surface area contributed by atoms with Crippen molar-refractivity contribution in [3.05, 3.63) is 78.9 Å². The lowest BCUT2D eigenvalue weighted by Gasteiger charge is -1.97. The maximum Gasteiger partial charge on any atom is 0.137 e. The van der Waals surface area contributed by atoms with Crippen molar-refractivity contribution in [2.45, 2.75) is 0 Å². The van der Waals surface area contributed by atoms with Crippen molar-refractivity contribution in [1.82, 2.24) is 4.40 Å². The number of aromatic nitrogens is 1. The van der Waals surface area contributed by atoms with Crippen LogP contribution in [-0.4, -0.2) is 4.40 Å². The third kappa shape index (κ3) is 1.33. The van der Waals surface area contributed by atoms with Crippen LogP contribution in [0.1, 0.15) is 0 Å². The number of benzene rings is 4. The molecule has 0 radical (unpaired) electrons. The van der Waals surface area contributed by atoms with Gasteiger partial charge in [0.25, 0.3) is 0 Å². The summed E-state index contributed by atoms with van der Waals surface area (Å²) in [6.45, 7) is 0. The second-order valence-corrected chi connectivity index (χ2v) is 7.02. The summed E-state index contributed by atoms with van der Waals surface area (Å²) in [4.78, 5) is 0. The third-order valence-electron chi connectivity index (χ3n) is 5.72. The first-order valence-corrected chi connectivity index (χ1v) is 8.88. The largest absolute Gasteiger partial charge is 0.456 e. The first-order chi connectivity index (χ1) is 12.9. The van der Waals surface area contributed by atoms with Crippen molar-refractivity contribution in [3.8, 4) is 0 Å². The van der Waals surface area contributed by atoms with E-state index in [-0.39, 0.29) is 0 Å². The van der Waals surface area contributed by atoms with Crippen LogP contribution >= 0.6 is 0 Å². The van der Waals surface area contributed by atoms with Crippen LogP contribution in [0.4, 0.5) is 0 Å². The Kier molecular flexibility index (Phi) is 2.05. The van der Waals surface area contributed by atoms with Crippen molar-refractivity contribution < 1.29 is 4.42 Å². The predicted molar refractivity (Wildman–Crippen MR) is 108 cm³/mol. The van der Waals surface area contributed by atoms with Crippen LogP contribution in [0.15, 0.2) is 83.3 Å². The summed E-state index contributed by atoms with van der Waals surface area (Å²) in [7, 11) is 0. The van der Waals surface area contributed by atoms with Gasteiger partial charge in [-0.05, 0) is 18.2 Å². The van der Waals surface area contributed by atoms with Crippen LogP contribution in [0.3, 0.4) is 0 Å². The molecule has 7 rings (SSSR count). The van der Waals surface area contributed by atoms with Gasteiger partial charge in [0.05, 0.1) is 16.6 Å². The average molecular weight is 331 g/mol. The van der Waals surface area contributed by atoms with E-state index in [0.29, 0.717) is 0 Å². The molecule has 0 fully saturated rings. The molecule has 4 aromatic carbocycles. The van der Waals surface area contributed by atoms with E-state index in [2.05, 4.69) is 71.1 Å². The van der Waals surface area contributed by atoms with Gasteiger partial charge in [0, 0.05) is 38.4 Å². The topological polar surface area (TPSA) is 17.6 Å². The smallest absolute Gasteiger partial charge is 0.137 e. The molecule has 0 aliphatic rings. The highest BCUT2D eigenvalue weighted by molar-refractivity contribution is 6.25. The minimum Gasteiger partial charge on any atom is -0.456 e. The molecule has 0 aliphatic carbocycles. The lowest BCUT2D eigenvalue weighted by Crippen LogP contribution is -1.79. The van der Waals surface area contributed by atoms with E-state index in [9.17, 15) is 0 Å². The van der Waals surface area contributed by atoms with Crippen molar-refractivity contribution in [3.63, 3.8) is 0 Å². The first-order valence-electron chi connectivity index (χ1n) is 8.88. The molecule has 2 heteroatoms. The fraction of sp³-hybridized carbons (Fsp3) is 0. The van der Waals surface area contributed by atoms with Gasteiger partial charge in [0.1, 0.15) is 11.2 Å². The predicted octanol–water partition coefficient (Wildman–Crippen LogP) is 6.74. The molecule has 26 heavy (non-hydrogen) atoms. The zero-order valence-electron chi connectivity index (χ0n) is 13.9. The normalized spacial score (nSPS) is 12.6. The molecule has 0 saturated heterocycles. The zero-order chi connectivity index (χ0) is 16.8. The van der Waals surface area contributed by atoms with Crippen LogP contribution in [0.5, 0.6) is 0 Å². The highest BCUT2D eigenvalue weighted by Crippen LogP contribution is 2.41. The van der Waals surface area contributed by atoms with Crippen molar-refractivity contribution >= 4 is 60.0 Å². The lowest BCUT2D eigenvalue weighted by molar-refractivity contribution is 0.669. The van der Waals surface area contributed by atoms with Crippen molar-refractivity contribution in [2.24, 2.45) is 0 Å². The molecule has 0 amide bonds. The van der Waals surface area contributed by atoms with Crippen LogP contribution < -0.4 is 0 Å². The maximum atomic E-state index is 6.15. The molecule has 3 heterocycles. The van der Waals surface area contributed by atoms with Gasteiger partial charge < -0.3 is 8.82 Å². The zero-order valence-corrected chi connectivity index (χ0v) is 13.9. The molecule has 0 bridgehead atoms. The Labute approximate surface area is 148 Å². The Morgan fingerprint density at radius 1 is 0.500 bits per heavy atom. The second-order valence-electron chi connectivity index (χ2n) is 7.02. The van der Waals surface area contributed by atoms with Gasteiger partial charge in [-0.3, -0.25) is 0 Å². The van der Waals surface area contributed by atoms with Crippen molar-refractivity contribution in [1.29, 1.82) is 0 Å². The molecule has 2 nitrogen and oxygen atoms in total. The number of para-hydroxylation sites is 3.